The maximum Gasteiger partial charge on any atom is 0.416 e. The Kier molecular flexibility index (Phi) is 5.11. The number of rotatable bonds is 4. The van der Waals surface area contributed by atoms with Crippen molar-refractivity contribution in [1.29, 1.82) is 0 Å². The summed E-state index contributed by atoms with van der Waals surface area (Å²) in [5.74, 6) is -3.40. The minimum atomic E-state index is -4.73. The number of aryl methyl sites for hydroxylation is 1. The Hall–Kier alpha value is -2.50. The molecule has 0 N–H and O–H groups in total. The fourth-order valence-corrected chi connectivity index (χ4v) is 2.30. The highest BCUT2D eigenvalue weighted by Crippen LogP contribution is 2.35. The van der Waals surface area contributed by atoms with Crippen LogP contribution in [-0.4, -0.2) is 6.29 Å². The van der Waals surface area contributed by atoms with E-state index < -0.39 is 23.2 Å². The van der Waals surface area contributed by atoms with Gasteiger partial charge in [-0.3, -0.25) is 4.79 Å². The minimum absolute atomic E-state index is 0.0243. The molecule has 2 aromatic carbocycles. The van der Waals surface area contributed by atoms with Crippen LogP contribution >= 0.6 is 0 Å². The van der Waals surface area contributed by atoms with Gasteiger partial charge in [0, 0.05) is 18.1 Å². The number of hydrogen-bond acceptors (Lipinski definition) is 1. The van der Waals surface area contributed by atoms with E-state index in [2.05, 4.69) is 0 Å². The molecule has 0 spiro atoms. The standard InChI is InChI=1S/C19H15F5O/c1-12-3-5-14(15(7-12)11-25)6-4-13-8-16(18(2,20)21)10-17(9-13)19(22,23)24/h3-11H,1-2H3/b6-4+. The molecule has 0 saturated heterocycles. The molecule has 6 heteroatoms. The van der Waals surface area contributed by atoms with Crippen LogP contribution in [0.5, 0.6) is 0 Å². The second kappa shape index (κ2) is 6.78. The van der Waals surface area contributed by atoms with E-state index >= 15 is 0 Å². The summed E-state index contributed by atoms with van der Waals surface area (Å²) in [6, 6.07) is 7.24. The molecule has 0 aliphatic heterocycles. The zero-order valence-electron chi connectivity index (χ0n) is 13.5. The number of aldehydes is 1. The van der Waals surface area contributed by atoms with Crippen LogP contribution in [0.1, 0.15) is 45.1 Å². The molecule has 0 radical (unpaired) electrons. The zero-order chi connectivity index (χ0) is 18.8. The van der Waals surface area contributed by atoms with E-state index in [1.165, 1.54) is 12.2 Å². The van der Waals surface area contributed by atoms with Crippen molar-refractivity contribution in [3.63, 3.8) is 0 Å². The highest BCUT2D eigenvalue weighted by Gasteiger charge is 2.34. The Bertz CT molecular complexity index is 781. The summed E-state index contributed by atoms with van der Waals surface area (Å²) in [5, 5.41) is 0. The normalized spacial score (nSPS) is 12.6. The molecule has 0 saturated carbocycles. The summed E-state index contributed by atoms with van der Waals surface area (Å²) < 4.78 is 65.8. The van der Waals surface area contributed by atoms with Crippen molar-refractivity contribution in [2.24, 2.45) is 0 Å². The third-order valence-corrected chi connectivity index (χ3v) is 3.61. The van der Waals surface area contributed by atoms with Crippen LogP contribution in [0.4, 0.5) is 22.0 Å². The fourth-order valence-electron chi connectivity index (χ4n) is 2.30. The Morgan fingerprint density at radius 1 is 0.840 bits per heavy atom. The Balaban J connectivity index is 2.50. The van der Waals surface area contributed by atoms with Crippen molar-refractivity contribution >= 4 is 18.4 Å². The van der Waals surface area contributed by atoms with Crippen molar-refractivity contribution in [2.45, 2.75) is 25.9 Å². The summed E-state index contributed by atoms with van der Waals surface area (Å²) in [4.78, 5) is 11.1. The van der Waals surface area contributed by atoms with Crippen molar-refractivity contribution in [2.75, 3.05) is 0 Å². The smallest absolute Gasteiger partial charge is 0.298 e. The van der Waals surface area contributed by atoms with Crippen LogP contribution < -0.4 is 0 Å². The molecule has 0 aromatic heterocycles. The maximum absolute atomic E-state index is 13.5. The summed E-state index contributed by atoms with van der Waals surface area (Å²) in [6.45, 7) is 2.34. The number of carbonyl (C=O) groups excluding carboxylic acids is 1. The molecule has 0 amide bonds. The fraction of sp³-hybridized carbons (Fsp3) is 0.211. The van der Waals surface area contributed by atoms with Crippen LogP contribution in [0.2, 0.25) is 0 Å². The molecule has 0 fully saturated rings. The molecule has 0 bridgehead atoms. The first-order valence-corrected chi connectivity index (χ1v) is 7.35. The average Bonchev–Trinajstić information content (AvgIpc) is 2.51. The molecule has 0 atom stereocenters. The van der Waals surface area contributed by atoms with Crippen molar-refractivity contribution in [1.82, 2.24) is 0 Å². The van der Waals surface area contributed by atoms with Gasteiger partial charge in [0.1, 0.15) is 0 Å². The molecule has 0 aliphatic rings. The summed E-state index contributed by atoms with van der Waals surface area (Å²) in [7, 11) is 0. The van der Waals surface area contributed by atoms with Gasteiger partial charge in [0.15, 0.2) is 6.29 Å². The molecule has 0 heterocycles. The van der Waals surface area contributed by atoms with Crippen LogP contribution in [0.3, 0.4) is 0 Å². The Morgan fingerprint density at radius 2 is 1.48 bits per heavy atom. The summed E-state index contributed by atoms with van der Waals surface area (Å²) in [6.07, 6.45) is -1.40. The van der Waals surface area contributed by atoms with Crippen LogP contribution in [-0.2, 0) is 12.1 Å². The number of benzene rings is 2. The SMILES string of the molecule is Cc1ccc(/C=C/c2cc(C(C)(F)F)cc(C(F)(F)F)c2)c(C=O)c1. The lowest BCUT2D eigenvalue weighted by Crippen LogP contribution is -2.12. The summed E-state index contributed by atoms with van der Waals surface area (Å²) >= 11 is 0. The van der Waals surface area contributed by atoms with Gasteiger partial charge in [0.25, 0.3) is 5.92 Å². The molecule has 2 rings (SSSR count). The van der Waals surface area contributed by atoms with Gasteiger partial charge in [-0.05, 0) is 42.3 Å². The topological polar surface area (TPSA) is 17.1 Å². The third kappa shape index (κ3) is 4.75. The van der Waals surface area contributed by atoms with E-state index in [9.17, 15) is 26.7 Å². The van der Waals surface area contributed by atoms with E-state index in [0.29, 0.717) is 30.4 Å². The number of hydrogen-bond donors (Lipinski definition) is 0. The van der Waals surface area contributed by atoms with Gasteiger partial charge in [-0.1, -0.05) is 29.8 Å². The second-order valence-corrected chi connectivity index (χ2v) is 5.81. The molecule has 25 heavy (non-hydrogen) atoms. The Morgan fingerprint density at radius 3 is 2.04 bits per heavy atom. The quantitative estimate of drug-likeness (QED) is 0.368. The van der Waals surface area contributed by atoms with E-state index in [-0.39, 0.29) is 5.56 Å². The van der Waals surface area contributed by atoms with Gasteiger partial charge in [-0.25, -0.2) is 8.78 Å². The van der Waals surface area contributed by atoms with Gasteiger partial charge in [-0.2, -0.15) is 13.2 Å². The molecule has 0 unspecified atom stereocenters. The van der Waals surface area contributed by atoms with Gasteiger partial charge in [0.05, 0.1) is 5.56 Å². The first-order valence-electron chi connectivity index (χ1n) is 7.35. The minimum Gasteiger partial charge on any atom is -0.298 e. The predicted octanol–water partition coefficient (Wildman–Crippen LogP) is 6.11. The lowest BCUT2D eigenvalue weighted by atomic mass is 9.99. The average molecular weight is 354 g/mol. The van der Waals surface area contributed by atoms with E-state index in [1.54, 1.807) is 25.1 Å². The van der Waals surface area contributed by atoms with Crippen molar-refractivity contribution in [3.05, 3.63) is 69.8 Å². The Labute approximate surface area is 141 Å². The molecule has 0 aliphatic carbocycles. The van der Waals surface area contributed by atoms with Gasteiger partial charge in [0.2, 0.25) is 0 Å². The van der Waals surface area contributed by atoms with Crippen LogP contribution in [0, 0.1) is 6.92 Å². The monoisotopic (exact) mass is 354 g/mol. The zero-order valence-corrected chi connectivity index (χ0v) is 13.5. The largest absolute Gasteiger partial charge is 0.416 e. The van der Waals surface area contributed by atoms with Crippen LogP contribution in [0.25, 0.3) is 12.2 Å². The predicted molar refractivity (Wildman–Crippen MR) is 86.5 cm³/mol. The first-order chi connectivity index (χ1) is 11.5. The maximum atomic E-state index is 13.5. The summed E-state index contributed by atoms with van der Waals surface area (Å²) in [5.41, 5.74) is -0.186. The van der Waals surface area contributed by atoms with E-state index in [0.717, 1.165) is 17.7 Å². The highest BCUT2D eigenvalue weighted by atomic mass is 19.4. The molecular formula is C19H15F5O. The molecule has 132 valence electrons. The third-order valence-electron chi connectivity index (χ3n) is 3.61. The molecule has 2 aromatic rings. The van der Waals surface area contributed by atoms with E-state index in [4.69, 9.17) is 0 Å². The van der Waals surface area contributed by atoms with Crippen LogP contribution in [0.15, 0.2) is 36.4 Å². The van der Waals surface area contributed by atoms with Gasteiger partial charge < -0.3 is 0 Å². The van der Waals surface area contributed by atoms with Gasteiger partial charge in [-0.15, -0.1) is 0 Å². The van der Waals surface area contributed by atoms with E-state index in [1.807, 2.05) is 0 Å². The van der Waals surface area contributed by atoms with Crippen molar-refractivity contribution < 1.29 is 26.7 Å². The number of halogens is 5. The van der Waals surface area contributed by atoms with Gasteiger partial charge >= 0.3 is 6.18 Å². The first kappa shape index (κ1) is 18.8. The lowest BCUT2D eigenvalue weighted by Gasteiger charge is -2.15. The second-order valence-electron chi connectivity index (χ2n) is 5.81. The number of carbonyl (C=O) groups is 1. The van der Waals surface area contributed by atoms with Crippen molar-refractivity contribution in [3.8, 4) is 0 Å². The lowest BCUT2D eigenvalue weighted by molar-refractivity contribution is -0.137. The molecule has 1 nitrogen and oxygen atoms in total. The number of alkyl halides is 5. The highest BCUT2D eigenvalue weighted by molar-refractivity contribution is 5.85. The molecular weight excluding hydrogens is 339 g/mol.